The summed E-state index contributed by atoms with van der Waals surface area (Å²) in [5.74, 6) is -0.206. The summed E-state index contributed by atoms with van der Waals surface area (Å²) in [4.78, 5) is 28.2. The lowest BCUT2D eigenvalue weighted by molar-refractivity contribution is -0.117. The quantitative estimate of drug-likeness (QED) is 0.916. The number of anilines is 2. The predicted molar refractivity (Wildman–Crippen MR) is 100 cm³/mol. The van der Waals surface area contributed by atoms with Crippen molar-refractivity contribution in [3.63, 3.8) is 0 Å². The van der Waals surface area contributed by atoms with E-state index in [2.05, 4.69) is 5.32 Å². The number of hydrogen-bond donors (Lipinski definition) is 1. The molecule has 130 valence electrons. The van der Waals surface area contributed by atoms with E-state index in [9.17, 15) is 9.59 Å². The summed E-state index contributed by atoms with van der Waals surface area (Å²) in [5.41, 5.74) is 2.97. The van der Waals surface area contributed by atoms with E-state index in [1.807, 2.05) is 43.1 Å². The van der Waals surface area contributed by atoms with E-state index in [0.29, 0.717) is 22.8 Å². The SMILES string of the molecule is CC1C(=O)Nc2cc(C(=O)N(C)Cc3ccccc3Cl)ccc2N1C. The van der Waals surface area contributed by atoms with E-state index in [1.54, 1.807) is 30.1 Å². The normalized spacial score (nSPS) is 16.2. The summed E-state index contributed by atoms with van der Waals surface area (Å²) in [5, 5.41) is 3.50. The Morgan fingerprint density at radius 3 is 2.72 bits per heavy atom. The number of halogens is 1. The molecule has 3 rings (SSSR count). The van der Waals surface area contributed by atoms with E-state index >= 15 is 0 Å². The zero-order chi connectivity index (χ0) is 18.1. The van der Waals surface area contributed by atoms with Crippen LogP contribution in [0.3, 0.4) is 0 Å². The Kier molecular flexibility index (Phi) is 4.68. The fourth-order valence-corrected chi connectivity index (χ4v) is 3.07. The van der Waals surface area contributed by atoms with Crippen LogP contribution in [-0.4, -0.2) is 36.9 Å². The average Bonchev–Trinajstić information content (AvgIpc) is 2.60. The molecular weight excluding hydrogens is 338 g/mol. The predicted octanol–water partition coefficient (Wildman–Crippen LogP) is 3.39. The van der Waals surface area contributed by atoms with Crippen LogP contribution in [0.2, 0.25) is 5.02 Å². The number of likely N-dealkylation sites (N-methyl/N-ethyl adjacent to an activating group) is 1. The maximum Gasteiger partial charge on any atom is 0.253 e. The van der Waals surface area contributed by atoms with Crippen molar-refractivity contribution in [1.82, 2.24) is 4.90 Å². The standard InChI is InChI=1S/C19H20ClN3O2/c1-12-18(24)21-16-10-13(8-9-17(16)23(12)3)19(25)22(2)11-14-6-4-5-7-15(14)20/h4-10,12H,11H2,1-3H3,(H,21,24). The lowest BCUT2D eigenvalue weighted by atomic mass is 10.1. The zero-order valence-electron chi connectivity index (χ0n) is 14.4. The number of fused-ring (bicyclic) bond motifs is 1. The highest BCUT2D eigenvalue weighted by atomic mass is 35.5. The number of amides is 2. The van der Waals surface area contributed by atoms with Gasteiger partial charge in [-0.3, -0.25) is 9.59 Å². The molecule has 0 bridgehead atoms. The van der Waals surface area contributed by atoms with Gasteiger partial charge < -0.3 is 15.1 Å². The third-order valence-corrected chi connectivity index (χ3v) is 4.92. The Morgan fingerprint density at radius 2 is 2.00 bits per heavy atom. The van der Waals surface area contributed by atoms with Crippen LogP contribution in [0.5, 0.6) is 0 Å². The summed E-state index contributed by atoms with van der Waals surface area (Å²) < 4.78 is 0. The molecule has 0 saturated carbocycles. The Bertz CT molecular complexity index is 837. The van der Waals surface area contributed by atoms with Crippen LogP contribution in [0, 0.1) is 0 Å². The van der Waals surface area contributed by atoms with Crippen LogP contribution in [-0.2, 0) is 11.3 Å². The molecule has 0 radical (unpaired) electrons. The summed E-state index contributed by atoms with van der Waals surface area (Å²) in [6.45, 7) is 2.26. The molecule has 1 N–H and O–H groups in total. The van der Waals surface area contributed by atoms with E-state index in [0.717, 1.165) is 11.3 Å². The van der Waals surface area contributed by atoms with Gasteiger partial charge in [-0.15, -0.1) is 0 Å². The maximum absolute atomic E-state index is 12.7. The van der Waals surface area contributed by atoms with Crippen molar-refractivity contribution in [3.8, 4) is 0 Å². The fourth-order valence-electron chi connectivity index (χ4n) is 2.87. The van der Waals surface area contributed by atoms with Crippen LogP contribution in [0.15, 0.2) is 42.5 Å². The van der Waals surface area contributed by atoms with Crippen molar-refractivity contribution in [2.24, 2.45) is 0 Å². The Balaban J connectivity index is 1.82. The fraction of sp³-hybridized carbons (Fsp3) is 0.263. The van der Waals surface area contributed by atoms with E-state index in [-0.39, 0.29) is 17.9 Å². The molecule has 0 fully saturated rings. The molecule has 5 nitrogen and oxygen atoms in total. The Labute approximate surface area is 152 Å². The van der Waals surface area contributed by atoms with Crippen molar-refractivity contribution < 1.29 is 9.59 Å². The first-order valence-corrected chi connectivity index (χ1v) is 8.43. The topological polar surface area (TPSA) is 52.7 Å². The Morgan fingerprint density at radius 1 is 1.28 bits per heavy atom. The second kappa shape index (κ2) is 6.76. The highest BCUT2D eigenvalue weighted by molar-refractivity contribution is 6.31. The minimum Gasteiger partial charge on any atom is -0.361 e. The number of rotatable bonds is 3. The molecule has 1 heterocycles. The van der Waals surface area contributed by atoms with Crippen molar-refractivity contribution >= 4 is 34.8 Å². The van der Waals surface area contributed by atoms with Gasteiger partial charge in [0.2, 0.25) is 5.91 Å². The molecule has 1 aliphatic heterocycles. The highest BCUT2D eigenvalue weighted by Crippen LogP contribution is 2.32. The van der Waals surface area contributed by atoms with Crippen molar-refractivity contribution in [2.75, 3.05) is 24.3 Å². The molecule has 25 heavy (non-hydrogen) atoms. The minimum atomic E-state index is -0.239. The summed E-state index contributed by atoms with van der Waals surface area (Å²) in [7, 11) is 3.60. The smallest absolute Gasteiger partial charge is 0.253 e. The maximum atomic E-state index is 12.7. The molecule has 0 saturated heterocycles. The van der Waals surface area contributed by atoms with Gasteiger partial charge in [0.05, 0.1) is 11.4 Å². The molecule has 2 aromatic carbocycles. The van der Waals surface area contributed by atoms with Gasteiger partial charge >= 0.3 is 0 Å². The lowest BCUT2D eigenvalue weighted by Gasteiger charge is -2.33. The van der Waals surface area contributed by atoms with Crippen molar-refractivity contribution in [3.05, 3.63) is 58.6 Å². The van der Waals surface area contributed by atoms with Gasteiger partial charge in [0.1, 0.15) is 6.04 Å². The minimum absolute atomic E-state index is 0.0796. The van der Waals surface area contributed by atoms with Crippen LogP contribution in [0.4, 0.5) is 11.4 Å². The van der Waals surface area contributed by atoms with Crippen LogP contribution >= 0.6 is 11.6 Å². The second-order valence-electron chi connectivity index (χ2n) is 6.26. The number of carbonyl (C=O) groups is 2. The molecule has 0 spiro atoms. The van der Waals surface area contributed by atoms with E-state index in [1.165, 1.54) is 0 Å². The number of carbonyl (C=O) groups excluding carboxylic acids is 2. The molecule has 2 amide bonds. The second-order valence-corrected chi connectivity index (χ2v) is 6.67. The molecular formula is C19H20ClN3O2. The third-order valence-electron chi connectivity index (χ3n) is 4.55. The molecule has 1 unspecified atom stereocenters. The van der Waals surface area contributed by atoms with Crippen LogP contribution in [0.25, 0.3) is 0 Å². The first-order chi connectivity index (χ1) is 11.9. The van der Waals surface area contributed by atoms with E-state index < -0.39 is 0 Å². The number of nitrogens with one attached hydrogen (secondary N) is 1. The number of benzene rings is 2. The van der Waals surface area contributed by atoms with Gasteiger partial charge in [0.15, 0.2) is 0 Å². The molecule has 6 heteroatoms. The van der Waals surface area contributed by atoms with Crippen LogP contribution < -0.4 is 10.2 Å². The van der Waals surface area contributed by atoms with Gasteiger partial charge in [0, 0.05) is 31.2 Å². The Hall–Kier alpha value is -2.53. The monoisotopic (exact) mass is 357 g/mol. The van der Waals surface area contributed by atoms with Gasteiger partial charge in [0.25, 0.3) is 5.91 Å². The molecule has 0 aliphatic carbocycles. The average molecular weight is 358 g/mol. The van der Waals surface area contributed by atoms with E-state index in [4.69, 9.17) is 11.6 Å². The first kappa shape index (κ1) is 17.3. The molecule has 0 aromatic heterocycles. The van der Waals surface area contributed by atoms with Gasteiger partial charge in [-0.25, -0.2) is 0 Å². The molecule has 2 aromatic rings. The van der Waals surface area contributed by atoms with Gasteiger partial charge in [-0.2, -0.15) is 0 Å². The third kappa shape index (κ3) is 3.33. The largest absolute Gasteiger partial charge is 0.361 e. The zero-order valence-corrected chi connectivity index (χ0v) is 15.2. The molecule has 1 atom stereocenters. The number of hydrogen-bond acceptors (Lipinski definition) is 3. The van der Waals surface area contributed by atoms with Crippen molar-refractivity contribution in [1.29, 1.82) is 0 Å². The lowest BCUT2D eigenvalue weighted by Crippen LogP contribution is -2.44. The number of nitrogens with zero attached hydrogens (tertiary/aromatic N) is 2. The molecule has 1 aliphatic rings. The van der Waals surface area contributed by atoms with Crippen LogP contribution in [0.1, 0.15) is 22.8 Å². The van der Waals surface area contributed by atoms with Gasteiger partial charge in [-0.1, -0.05) is 29.8 Å². The first-order valence-electron chi connectivity index (χ1n) is 8.05. The summed E-state index contributed by atoms with van der Waals surface area (Å²) >= 11 is 6.17. The highest BCUT2D eigenvalue weighted by Gasteiger charge is 2.27. The summed E-state index contributed by atoms with van der Waals surface area (Å²) in [6, 6.07) is 12.6. The van der Waals surface area contributed by atoms with Crippen molar-refractivity contribution in [2.45, 2.75) is 19.5 Å². The van der Waals surface area contributed by atoms with Gasteiger partial charge in [-0.05, 0) is 36.8 Å². The summed E-state index contributed by atoms with van der Waals surface area (Å²) in [6.07, 6.45) is 0.